The second kappa shape index (κ2) is 7.57. The lowest BCUT2D eigenvalue weighted by atomic mass is 9.84. The van der Waals surface area contributed by atoms with E-state index in [-0.39, 0.29) is 17.5 Å². The molecule has 28 heavy (non-hydrogen) atoms. The lowest BCUT2D eigenvalue weighted by Crippen LogP contribution is -2.57. The minimum Gasteiger partial charge on any atom is -0.358 e. The number of nitrogens with zero attached hydrogens (tertiary/aromatic N) is 2. The summed E-state index contributed by atoms with van der Waals surface area (Å²) in [6.45, 7) is 9.48. The van der Waals surface area contributed by atoms with Gasteiger partial charge in [-0.05, 0) is 94.6 Å². The Balaban J connectivity index is 1.45. The lowest BCUT2D eigenvalue weighted by Gasteiger charge is -2.44. The van der Waals surface area contributed by atoms with Gasteiger partial charge < -0.3 is 20.9 Å². The van der Waals surface area contributed by atoms with Gasteiger partial charge in [0.25, 0.3) is 5.91 Å². The predicted octanol–water partition coefficient (Wildman–Crippen LogP) is 3.21. The Labute approximate surface area is 175 Å². The summed E-state index contributed by atoms with van der Waals surface area (Å²) < 4.78 is 5.42. The number of aromatic nitrogens is 1. The third-order valence-electron chi connectivity index (χ3n) is 5.41. The number of amides is 1. The highest BCUT2D eigenvalue weighted by Crippen LogP contribution is 2.29. The first kappa shape index (κ1) is 19.5. The second-order valence-corrected chi connectivity index (χ2v) is 10.0. The zero-order valence-corrected chi connectivity index (χ0v) is 18.2. The Bertz CT molecular complexity index is 896. The quantitative estimate of drug-likeness (QED) is 0.667. The molecule has 6 nitrogen and oxygen atoms in total. The monoisotopic (exact) mass is 417 g/mol. The third kappa shape index (κ3) is 4.29. The molecule has 0 radical (unpaired) electrons. The summed E-state index contributed by atoms with van der Waals surface area (Å²) in [5.41, 5.74) is 1.32. The van der Waals surface area contributed by atoms with Gasteiger partial charge in [-0.1, -0.05) is 0 Å². The smallest absolute Gasteiger partial charge is 0.271 e. The number of benzene rings is 1. The normalized spacial score (nSPS) is 24.2. The van der Waals surface area contributed by atoms with E-state index >= 15 is 0 Å². The molecule has 1 aromatic carbocycles. The SMILES string of the molecule is CC(C)(C)NC(=S)Nc1ccc2c(C(=O)N[C@@H]3CN4CCC3CC4)nsc2c1. The Hall–Kier alpha value is -1.77. The fourth-order valence-corrected chi connectivity index (χ4v) is 5.28. The Morgan fingerprint density at radius 2 is 2.04 bits per heavy atom. The Kier molecular flexibility index (Phi) is 5.28. The van der Waals surface area contributed by atoms with Gasteiger partial charge in [-0.3, -0.25) is 4.79 Å². The van der Waals surface area contributed by atoms with Gasteiger partial charge in [0, 0.05) is 29.2 Å². The number of hydrogen-bond donors (Lipinski definition) is 3. The molecule has 2 aromatic rings. The van der Waals surface area contributed by atoms with E-state index in [4.69, 9.17) is 12.2 Å². The maximum absolute atomic E-state index is 12.9. The average molecular weight is 418 g/mol. The van der Waals surface area contributed by atoms with Crippen molar-refractivity contribution in [2.45, 2.75) is 45.2 Å². The van der Waals surface area contributed by atoms with Crippen LogP contribution >= 0.6 is 23.8 Å². The zero-order valence-electron chi connectivity index (χ0n) is 16.5. The predicted molar refractivity (Wildman–Crippen MR) is 119 cm³/mol. The molecule has 1 atom stereocenters. The molecule has 0 saturated carbocycles. The summed E-state index contributed by atoms with van der Waals surface area (Å²) in [5.74, 6) is 0.543. The van der Waals surface area contributed by atoms with Crippen LogP contribution in [0.15, 0.2) is 18.2 Å². The summed E-state index contributed by atoms with van der Waals surface area (Å²) >= 11 is 6.72. The highest BCUT2D eigenvalue weighted by atomic mass is 32.1. The van der Waals surface area contributed by atoms with E-state index in [0.29, 0.717) is 16.7 Å². The number of nitrogens with one attached hydrogen (secondary N) is 3. The van der Waals surface area contributed by atoms with E-state index in [0.717, 1.165) is 22.3 Å². The molecule has 4 heterocycles. The maximum Gasteiger partial charge on any atom is 0.271 e. The number of piperidine rings is 3. The van der Waals surface area contributed by atoms with Gasteiger partial charge >= 0.3 is 0 Å². The fourth-order valence-electron chi connectivity index (χ4n) is 4.05. The van der Waals surface area contributed by atoms with Crippen molar-refractivity contribution in [3.8, 4) is 0 Å². The summed E-state index contributed by atoms with van der Waals surface area (Å²) in [6, 6.07) is 6.13. The van der Waals surface area contributed by atoms with Crippen LogP contribution in [-0.2, 0) is 0 Å². The Morgan fingerprint density at radius 3 is 2.68 bits per heavy atom. The number of fused-ring (bicyclic) bond motifs is 4. The summed E-state index contributed by atoms with van der Waals surface area (Å²) in [4.78, 5) is 15.3. The van der Waals surface area contributed by atoms with Crippen LogP contribution in [0, 0.1) is 5.92 Å². The second-order valence-electron chi connectivity index (χ2n) is 8.79. The van der Waals surface area contributed by atoms with E-state index in [1.54, 1.807) is 0 Å². The van der Waals surface area contributed by atoms with Crippen molar-refractivity contribution in [1.82, 2.24) is 19.9 Å². The van der Waals surface area contributed by atoms with Gasteiger partial charge in [-0.15, -0.1) is 0 Å². The molecule has 0 aliphatic carbocycles. The Morgan fingerprint density at radius 1 is 1.29 bits per heavy atom. The molecule has 3 aliphatic heterocycles. The van der Waals surface area contributed by atoms with Gasteiger partial charge in [-0.25, -0.2) is 0 Å². The molecule has 5 rings (SSSR count). The van der Waals surface area contributed by atoms with E-state index in [1.165, 1.54) is 37.5 Å². The number of thiocarbonyl (C=S) groups is 1. The first-order valence-corrected chi connectivity index (χ1v) is 11.0. The number of rotatable bonds is 3. The van der Waals surface area contributed by atoms with Crippen LogP contribution < -0.4 is 16.0 Å². The van der Waals surface area contributed by atoms with E-state index in [1.807, 2.05) is 18.2 Å². The molecule has 0 spiro atoms. The molecule has 8 heteroatoms. The van der Waals surface area contributed by atoms with Crippen LogP contribution in [0.2, 0.25) is 0 Å². The van der Waals surface area contributed by atoms with Crippen LogP contribution in [-0.4, -0.2) is 51.5 Å². The van der Waals surface area contributed by atoms with E-state index < -0.39 is 0 Å². The van der Waals surface area contributed by atoms with Crippen molar-refractivity contribution in [3.05, 3.63) is 23.9 Å². The number of carbonyl (C=O) groups is 1. The zero-order chi connectivity index (χ0) is 19.9. The number of carbonyl (C=O) groups excluding carboxylic acids is 1. The summed E-state index contributed by atoms with van der Waals surface area (Å²) in [7, 11) is 0. The van der Waals surface area contributed by atoms with Gasteiger partial charge in [-0.2, -0.15) is 4.37 Å². The topological polar surface area (TPSA) is 69.3 Å². The van der Waals surface area contributed by atoms with Gasteiger partial charge in [0.1, 0.15) is 5.69 Å². The molecule has 0 unspecified atom stereocenters. The van der Waals surface area contributed by atoms with Crippen molar-refractivity contribution in [2.75, 3.05) is 25.0 Å². The van der Waals surface area contributed by atoms with E-state index in [2.05, 4.69) is 46.0 Å². The minimum absolute atomic E-state index is 0.0596. The van der Waals surface area contributed by atoms with Crippen LogP contribution in [0.1, 0.15) is 44.1 Å². The first-order chi connectivity index (χ1) is 13.3. The largest absolute Gasteiger partial charge is 0.358 e. The molecule has 3 fully saturated rings. The van der Waals surface area contributed by atoms with Crippen LogP contribution in [0.3, 0.4) is 0 Å². The molecule has 3 saturated heterocycles. The van der Waals surface area contributed by atoms with E-state index in [9.17, 15) is 4.79 Å². The summed E-state index contributed by atoms with van der Waals surface area (Å²) in [5, 5.41) is 11.2. The maximum atomic E-state index is 12.9. The van der Waals surface area contributed by atoms with Gasteiger partial charge in [0.05, 0.1) is 4.70 Å². The highest BCUT2D eigenvalue weighted by Gasteiger charge is 2.35. The van der Waals surface area contributed by atoms with Crippen molar-refractivity contribution >= 4 is 50.5 Å². The lowest BCUT2D eigenvalue weighted by molar-refractivity contribution is 0.0619. The number of anilines is 1. The van der Waals surface area contributed by atoms with Crippen molar-refractivity contribution in [2.24, 2.45) is 5.92 Å². The van der Waals surface area contributed by atoms with Crippen molar-refractivity contribution in [1.29, 1.82) is 0 Å². The third-order valence-corrected chi connectivity index (χ3v) is 6.42. The number of hydrogen-bond acceptors (Lipinski definition) is 5. The minimum atomic E-state index is -0.0981. The molecule has 2 bridgehead atoms. The van der Waals surface area contributed by atoms with Crippen LogP contribution in [0.4, 0.5) is 5.69 Å². The molecular formula is C20H27N5OS2. The molecule has 3 aliphatic rings. The molecular weight excluding hydrogens is 390 g/mol. The summed E-state index contributed by atoms with van der Waals surface area (Å²) in [6.07, 6.45) is 2.36. The van der Waals surface area contributed by atoms with Gasteiger partial charge in [0.15, 0.2) is 5.11 Å². The van der Waals surface area contributed by atoms with Crippen molar-refractivity contribution < 1.29 is 4.79 Å². The van der Waals surface area contributed by atoms with Gasteiger partial charge in [0.2, 0.25) is 0 Å². The molecule has 150 valence electrons. The standard InChI is InChI=1S/C20H27N5OS2/c1-20(2,3)23-19(27)21-13-4-5-14-16(10-13)28-24-17(14)18(26)22-15-11-25-8-6-12(15)7-9-25/h4-5,10,12,15H,6-9,11H2,1-3H3,(H,22,26)(H2,21,23,27)/t15-/m1/s1. The average Bonchev–Trinajstić information content (AvgIpc) is 3.04. The molecule has 1 amide bonds. The highest BCUT2D eigenvalue weighted by molar-refractivity contribution is 7.80. The van der Waals surface area contributed by atoms with Crippen LogP contribution in [0.5, 0.6) is 0 Å². The first-order valence-electron chi connectivity index (χ1n) is 9.80. The van der Waals surface area contributed by atoms with Crippen molar-refractivity contribution in [3.63, 3.8) is 0 Å². The molecule has 1 aromatic heterocycles. The molecule has 3 N–H and O–H groups in total. The fraction of sp³-hybridized carbons (Fsp3) is 0.550. The van der Waals surface area contributed by atoms with Crippen LogP contribution in [0.25, 0.3) is 10.1 Å².